The zero-order valence-electron chi connectivity index (χ0n) is 11.4. The van der Waals surface area contributed by atoms with Crippen molar-refractivity contribution in [3.05, 3.63) is 30.1 Å². The highest BCUT2D eigenvalue weighted by molar-refractivity contribution is 5.97. The first-order valence-electron chi connectivity index (χ1n) is 6.26. The van der Waals surface area contributed by atoms with Crippen LogP contribution in [-0.4, -0.2) is 35.0 Å². The molecule has 0 fully saturated rings. The van der Waals surface area contributed by atoms with E-state index in [9.17, 15) is 9.59 Å². The van der Waals surface area contributed by atoms with E-state index in [2.05, 4.69) is 20.8 Å². The first-order valence-corrected chi connectivity index (χ1v) is 6.26. The van der Waals surface area contributed by atoms with Crippen molar-refractivity contribution in [2.24, 2.45) is 5.73 Å². The molecule has 0 aliphatic heterocycles. The van der Waals surface area contributed by atoms with E-state index in [1.165, 1.54) is 0 Å². The van der Waals surface area contributed by atoms with Gasteiger partial charge >= 0.3 is 0 Å². The van der Waals surface area contributed by atoms with Gasteiger partial charge in [-0.2, -0.15) is 4.98 Å². The molecule has 0 aliphatic rings. The summed E-state index contributed by atoms with van der Waals surface area (Å²) in [6.07, 6.45) is 0. The standard InChI is InChI=1S/C13H15N5O3/c1-8-16-13(21-18-8)9-4-2-3-5-10(9)17-12(20)7-15-11(19)6-14/h2-5H,6-7,14H2,1H3,(H,15,19)(H,17,20). The van der Waals surface area contributed by atoms with Crippen LogP contribution in [-0.2, 0) is 9.59 Å². The van der Waals surface area contributed by atoms with Gasteiger partial charge in [-0.3, -0.25) is 9.59 Å². The van der Waals surface area contributed by atoms with Gasteiger partial charge in [0.15, 0.2) is 5.82 Å². The first kappa shape index (κ1) is 14.7. The lowest BCUT2D eigenvalue weighted by Gasteiger charge is -2.09. The number of aromatic nitrogens is 2. The van der Waals surface area contributed by atoms with Crippen molar-refractivity contribution in [1.29, 1.82) is 0 Å². The summed E-state index contributed by atoms with van der Waals surface area (Å²) in [6.45, 7) is 1.38. The van der Waals surface area contributed by atoms with Crippen LogP contribution in [0.1, 0.15) is 5.82 Å². The third kappa shape index (κ3) is 3.86. The van der Waals surface area contributed by atoms with Gasteiger partial charge in [0.25, 0.3) is 5.89 Å². The Morgan fingerprint density at radius 2 is 2.05 bits per heavy atom. The van der Waals surface area contributed by atoms with E-state index in [0.29, 0.717) is 23.0 Å². The van der Waals surface area contributed by atoms with Crippen molar-refractivity contribution in [3.63, 3.8) is 0 Å². The van der Waals surface area contributed by atoms with Crippen molar-refractivity contribution < 1.29 is 14.1 Å². The maximum absolute atomic E-state index is 11.8. The molecule has 2 rings (SSSR count). The number of aryl methyl sites for hydroxylation is 1. The number of nitrogens with zero attached hydrogens (tertiary/aromatic N) is 2. The molecular formula is C13H15N5O3. The van der Waals surface area contributed by atoms with Crippen LogP contribution in [0.3, 0.4) is 0 Å². The van der Waals surface area contributed by atoms with Crippen molar-refractivity contribution in [2.75, 3.05) is 18.4 Å². The number of carbonyl (C=O) groups is 2. The molecule has 1 aromatic heterocycles. The fourth-order valence-electron chi connectivity index (χ4n) is 1.63. The Balaban J connectivity index is 2.10. The van der Waals surface area contributed by atoms with Gasteiger partial charge in [-0.1, -0.05) is 17.3 Å². The second-order valence-corrected chi connectivity index (χ2v) is 4.22. The molecule has 2 aromatic rings. The number of amides is 2. The monoisotopic (exact) mass is 289 g/mol. The highest BCUT2D eigenvalue weighted by atomic mass is 16.5. The SMILES string of the molecule is Cc1noc(-c2ccccc2NC(=O)CNC(=O)CN)n1. The normalized spacial score (nSPS) is 10.2. The zero-order valence-corrected chi connectivity index (χ0v) is 11.4. The number of anilines is 1. The molecule has 0 aliphatic carbocycles. The molecule has 1 heterocycles. The molecule has 4 N–H and O–H groups in total. The second-order valence-electron chi connectivity index (χ2n) is 4.22. The minimum absolute atomic E-state index is 0.159. The van der Waals surface area contributed by atoms with E-state index in [4.69, 9.17) is 10.3 Å². The van der Waals surface area contributed by atoms with Gasteiger partial charge in [0.2, 0.25) is 11.8 Å². The van der Waals surface area contributed by atoms with Crippen molar-refractivity contribution >= 4 is 17.5 Å². The number of hydrogen-bond donors (Lipinski definition) is 3. The topological polar surface area (TPSA) is 123 Å². The van der Waals surface area contributed by atoms with Crippen LogP contribution in [0, 0.1) is 6.92 Å². The summed E-state index contributed by atoms with van der Waals surface area (Å²) >= 11 is 0. The fourth-order valence-corrected chi connectivity index (χ4v) is 1.63. The lowest BCUT2D eigenvalue weighted by atomic mass is 10.1. The van der Waals surface area contributed by atoms with Gasteiger partial charge in [0, 0.05) is 0 Å². The summed E-state index contributed by atoms with van der Waals surface area (Å²) in [4.78, 5) is 26.9. The Labute approximate surface area is 120 Å². The van der Waals surface area contributed by atoms with Gasteiger partial charge in [0.1, 0.15) is 0 Å². The van der Waals surface area contributed by atoms with E-state index in [1.807, 2.05) is 0 Å². The quantitative estimate of drug-likeness (QED) is 0.715. The smallest absolute Gasteiger partial charge is 0.260 e. The lowest BCUT2D eigenvalue weighted by molar-refractivity contribution is -0.123. The van der Waals surface area contributed by atoms with Gasteiger partial charge in [0.05, 0.1) is 24.3 Å². The van der Waals surface area contributed by atoms with Crippen LogP contribution in [0.15, 0.2) is 28.8 Å². The van der Waals surface area contributed by atoms with E-state index in [1.54, 1.807) is 31.2 Å². The number of carbonyl (C=O) groups excluding carboxylic acids is 2. The Kier molecular flexibility index (Phi) is 4.62. The molecule has 8 heteroatoms. The van der Waals surface area contributed by atoms with Gasteiger partial charge in [-0.05, 0) is 19.1 Å². The Hall–Kier alpha value is -2.74. The lowest BCUT2D eigenvalue weighted by Crippen LogP contribution is -2.36. The fraction of sp³-hybridized carbons (Fsp3) is 0.231. The minimum Gasteiger partial charge on any atom is -0.346 e. The largest absolute Gasteiger partial charge is 0.346 e. The van der Waals surface area contributed by atoms with Crippen molar-refractivity contribution in [3.8, 4) is 11.5 Å². The molecule has 8 nitrogen and oxygen atoms in total. The Bertz CT molecular complexity index is 653. The second kappa shape index (κ2) is 6.62. The predicted molar refractivity (Wildman–Crippen MR) is 75.2 cm³/mol. The summed E-state index contributed by atoms with van der Waals surface area (Å²) in [5.41, 5.74) is 6.27. The highest BCUT2D eigenvalue weighted by Crippen LogP contribution is 2.26. The molecule has 2 amide bonds. The van der Waals surface area contributed by atoms with E-state index in [-0.39, 0.29) is 19.0 Å². The minimum atomic E-state index is -0.397. The number of nitrogens with one attached hydrogen (secondary N) is 2. The number of benzene rings is 1. The molecule has 0 saturated heterocycles. The van der Waals surface area contributed by atoms with Crippen molar-refractivity contribution in [1.82, 2.24) is 15.5 Å². The van der Waals surface area contributed by atoms with Crippen molar-refractivity contribution in [2.45, 2.75) is 6.92 Å². The van der Waals surface area contributed by atoms with Gasteiger partial charge in [-0.15, -0.1) is 0 Å². The van der Waals surface area contributed by atoms with Crippen LogP contribution < -0.4 is 16.4 Å². The molecular weight excluding hydrogens is 274 g/mol. The van der Waals surface area contributed by atoms with Crippen LogP contribution in [0.2, 0.25) is 0 Å². The number of rotatable bonds is 5. The van der Waals surface area contributed by atoms with Gasteiger partial charge < -0.3 is 20.9 Å². The molecule has 0 spiro atoms. The van der Waals surface area contributed by atoms with Crippen LogP contribution >= 0.6 is 0 Å². The molecule has 1 aromatic carbocycles. The summed E-state index contributed by atoms with van der Waals surface area (Å²) < 4.78 is 5.09. The van der Waals surface area contributed by atoms with E-state index in [0.717, 1.165) is 0 Å². The maximum Gasteiger partial charge on any atom is 0.260 e. The highest BCUT2D eigenvalue weighted by Gasteiger charge is 2.13. The molecule has 0 bridgehead atoms. The van der Waals surface area contributed by atoms with Crippen LogP contribution in [0.5, 0.6) is 0 Å². The predicted octanol–water partition coefficient (Wildman–Crippen LogP) is 0.0584. The number of hydrogen-bond acceptors (Lipinski definition) is 6. The average Bonchev–Trinajstić information content (AvgIpc) is 2.91. The first-order chi connectivity index (χ1) is 10.1. The molecule has 0 saturated carbocycles. The maximum atomic E-state index is 11.8. The summed E-state index contributed by atoms with van der Waals surface area (Å²) in [7, 11) is 0. The van der Waals surface area contributed by atoms with Gasteiger partial charge in [-0.25, -0.2) is 0 Å². The summed E-state index contributed by atoms with van der Waals surface area (Å²) in [5, 5.41) is 8.78. The molecule has 0 atom stereocenters. The summed E-state index contributed by atoms with van der Waals surface area (Å²) in [6, 6.07) is 7.01. The molecule has 0 radical (unpaired) electrons. The van der Waals surface area contributed by atoms with E-state index < -0.39 is 5.91 Å². The molecule has 21 heavy (non-hydrogen) atoms. The zero-order chi connectivity index (χ0) is 15.2. The van der Waals surface area contributed by atoms with Crippen LogP contribution in [0.4, 0.5) is 5.69 Å². The average molecular weight is 289 g/mol. The Morgan fingerprint density at radius 3 is 2.71 bits per heavy atom. The number of para-hydroxylation sites is 1. The number of nitrogens with two attached hydrogens (primary N) is 1. The third-order valence-corrected chi connectivity index (χ3v) is 2.59. The Morgan fingerprint density at radius 1 is 1.29 bits per heavy atom. The summed E-state index contributed by atoms with van der Waals surface area (Å²) in [5.74, 6) is 0.0437. The third-order valence-electron chi connectivity index (χ3n) is 2.59. The molecule has 110 valence electrons. The van der Waals surface area contributed by atoms with E-state index >= 15 is 0 Å². The van der Waals surface area contributed by atoms with Crippen LogP contribution in [0.25, 0.3) is 11.5 Å². The molecule has 0 unspecified atom stereocenters.